The van der Waals surface area contributed by atoms with Gasteiger partial charge in [-0.1, -0.05) is 30.0 Å². The second kappa shape index (κ2) is 8.13. The fourth-order valence-corrected chi connectivity index (χ4v) is 3.39. The van der Waals surface area contributed by atoms with Crippen LogP contribution in [0.1, 0.15) is 21.6 Å². The quantitative estimate of drug-likeness (QED) is 0.400. The summed E-state index contributed by atoms with van der Waals surface area (Å²) >= 11 is 0. The van der Waals surface area contributed by atoms with Crippen LogP contribution < -0.4 is 10.2 Å². The molecule has 0 unspecified atom stereocenters. The molecule has 1 fully saturated rings. The third-order valence-electron chi connectivity index (χ3n) is 4.84. The number of benzene rings is 2. The predicted molar refractivity (Wildman–Crippen MR) is 112 cm³/mol. The van der Waals surface area contributed by atoms with E-state index in [4.69, 9.17) is 4.74 Å². The van der Waals surface area contributed by atoms with Gasteiger partial charge in [0.25, 0.3) is 11.7 Å². The van der Waals surface area contributed by atoms with Crippen molar-refractivity contribution in [2.75, 3.05) is 24.6 Å². The first-order valence-corrected chi connectivity index (χ1v) is 9.47. The normalized spacial score (nSPS) is 13.0. The first-order chi connectivity index (χ1) is 14.5. The van der Waals surface area contributed by atoms with Crippen molar-refractivity contribution < 1.29 is 19.1 Å². The summed E-state index contributed by atoms with van der Waals surface area (Å²) < 4.78 is 4.92. The SMILES string of the molecule is Cc1[nH]c2ccccc2c1C(=O)C(=O)NCC#Cc1ccc(N2CCOC2=O)cc1. The van der Waals surface area contributed by atoms with Gasteiger partial charge in [-0.2, -0.15) is 0 Å². The molecule has 3 aromatic rings. The fraction of sp³-hybridized carbons (Fsp3) is 0.174. The van der Waals surface area contributed by atoms with Gasteiger partial charge in [-0.3, -0.25) is 14.5 Å². The number of aryl methyl sites for hydroxylation is 1. The number of amides is 2. The summed E-state index contributed by atoms with van der Waals surface area (Å²) in [4.78, 5) is 41.1. The van der Waals surface area contributed by atoms with Gasteiger partial charge < -0.3 is 15.0 Å². The number of para-hydroxylation sites is 1. The average molecular weight is 401 g/mol. The molecular formula is C23H19N3O4. The number of ketones is 1. The maximum absolute atomic E-state index is 12.6. The highest BCUT2D eigenvalue weighted by Gasteiger charge is 2.23. The average Bonchev–Trinajstić information content (AvgIpc) is 3.33. The zero-order valence-electron chi connectivity index (χ0n) is 16.3. The number of fused-ring (bicyclic) bond motifs is 1. The molecule has 7 heteroatoms. The van der Waals surface area contributed by atoms with Crippen molar-refractivity contribution in [3.8, 4) is 11.8 Å². The summed E-state index contributed by atoms with van der Waals surface area (Å²) in [7, 11) is 0. The number of carbonyl (C=O) groups excluding carboxylic acids is 3. The van der Waals surface area contributed by atoms with Crippen LogP contribution in [0.4, 0.5) is 10.5 Å². The topological polar surface area (TPSA) is 91.5 Å². The molecule has 0 saturated carbocycles. The number of hydrogen-bond donors (Lipinski definition) is 2. The van der Waals surface area contributed by atoms with E-state index in [1.54, 1.807) is 36.1 Å². The first kappa shape index (κ1) is 19.3. The highest BCUT2D eigenvalue weighted by molar-refractivity contribution is 6.45. The molecule has 150 valence electrons. The number of rotatable bonds is 4. The van der Waals surface area contributed by atoms with Crippen molar-refractivity contribution in [3.63, 3.8) is 0 Å². The zero-order valence-corrected chi connectivity index (χ0v) is 16.3. The van der Waals surface area contributed by atoms with E-state index in [2.05, 4.69) is 22.1 Å². The lowest BCUT2D eigenvalue weighted by Gasteiger charge is -2.11. The van der Waals surface area contributed by atoms with Gasteiger partial charge in [-0.25, -0.2) is 4.79 Å². The maximum atomic E-state index is 12.6. The molecule has 0 radical (unpaired) electrons. The number of Topliss-reactive ketones (excluding diaryl/α,β-unsaturated/α-hetero) is 1. The molecule has 0 bridgehead atoms. The van der Waals surface area contributed by atoms with E-state index < -0.39 is 11.7 Å². The third-order valence-corrected chi connectivity index (χ3v) is 4.84. The molecule has 1 aliphatic heterocycles. The van der Waals surface area contributed by atoms with Crippen LogP contribution in [0.5, 0.6) is 0 Å². The van der Waals surface area contributed by atoms with Crippen molar-refractivity contribution in [2.45, 2.75) is 6.92 Å². The predicted octanol–water partition coefficient (Wildman–Crippen LogP) is 2.78. The van der Waals surface area contributed by atoms with Crippen LogP contribution in [0.15, 0.2) is 48.5 Å². The molecule has 0 aliphatic carbocycles. The molecule has 7 nitrogen and oxygen atoms in total. The molecule has 0 atom stereocenters. The number of cyclic esters (lactones) is 1. The minimum atomic E-state index is -0.694. The van der Waals surface area contributed by atoms with Gasteiger partial charge in [0, 0.05) is 27.8 Å². The van der Waals surface area contributed by atoms with Crippen LogP contribution in [0.3, 0.4) is 0 Å². The Labute approximate surface area is 173 Å². The van der Waals surface area contributed by atoms with E-state index in [0.717, 1.165) is 22.2 Å². The largest absolute Gasteiger partial charge is 0.447 e. The highest BCUT2D eigenvalue weighted by atomic mass is 16.6. The number of carbonyl (C=O) groups is 3. The van der Waals surface area contributed by atoms with Gasteiger partial charge in [0.1, 0.15) is 6.61 Å². The number of hydrogen-bond acceptors (Lipinski definition) is 4. The molecule has 0 spiro atoms. The van der Waals surface area contributed by atoms with Gasteiger partial charge in [-0.05, 0) is 37.3 Å². The Hall–Kier alpha value is -4.05. The van der Waals surface area contributed by atoms with Crippen LogP contribution in [0, 0.1) is 18.8 Å². The smallest absolute Gasteiger partial charge is 0.414 e. The number of nitrogens with one attached hydrogen (secondary N) is 2. The summed E-state index contributed by atoms with van der Waals surface area (Å²) in [6.07, 6.45) is -0.355. The van der Waals surface area contributed by atoms with Crippen molar-refractivity contribution in [3.05, 3.63) is 65.4 Å². The van der Waals surface area contributed by atoms with Crippen LogP contribution >= 0.6 is 0 Å². The van der Waals surface area contributed by atoms with E-state index in [-0.39, 0.29) is 12.6 Å². The molecule has 1 aromatic heterocycles. The van der Waals surface area contributed by atoms with Crippen LogP contribution in [-0.4, -0.2) is 42.5 Å². The molecule has 30 heavy (non-hydrogen) atoms. The molecule has 1 aliphatic rings. The van der Waals surface area contributed by atoms with Gasteiger partial charge >= 0.3 is 6.09 Å². The molecule has 2 N–H and O–H groups in total. The number of H-pyrrole nitrogens is 1. The molecule has 1 saturated heterocycles. The molecule has 4 rings (SSSR count). The van der Waals surface area contributed by atoms with E-state index in [1.165, 1.54) is 0 Å². The lowest BCUT2D eigenvalue weighted by molar-refractivity contribution is -0.116. The number of anilines is 1. The van der Waals surface area contributed by atoms with Crippen LogP contribution in [-0.2, 0) is 9.53 Å². The van der Waals surface area contributed by atoms with E-state index in [1.807, 2.05) is 24.3 Å². The molecule has 2 aromatic carbocycles. The fourth-order valence-electron chi connectivity index (χ4n) is 3.39. The minimum Gasteiger partial charge on any atom is -0.447 e. The molecule has 2 amide bonds. The number of nitrogens with zero attached hydrogens (tertiary/aromatic N) is 1. The number of aromatic nitrogens is 1. The van der Waals surface area contributed by atoms with E-state index in [9.17, 15) is 14.4 Å². The molecular weight excluding hydrogens is 382 g/mol. The Kier molecular flexibility index (Phi) is 5.22. The van der Waals surface area contributed by atoms with Gasteiger partial charge in [0.05, 0.1) is 18.7 Å². The first-order valence-electron chi connectivity index (χ1n) is 9.47. The molecule has 2 heterocycles. The van der Waals surface area contributed by atoms with Crippen molar-refractivity contribution in [2.24, 2.45) is 0 Å². The zero-order chi connectivity index (χ0) is 21.1. The maximum Gasteiger partial charge on any atom is 0.414 e. The number of ether oxygens (including phenoxy) is 1. The van der Waals surface area contributed by atoms with Crippen molar-refractivity contribution >= 4 is 34.4 Å². The Morgan fingerprint density at radius 2 is 1.93 bits per heavy atom. The number of aromatic amines is 1. The monoisotopic (exact) mass is 401 g/mol. The minimum absolute atomic E-state index is 0.0478. The second-order valence-corrected chi connectivity index (χ2v) is 6.80. The van der Waals surface area contributed by atoms with Gasteiger partial charge in [0.2, 0.25) is 0 Å². The second-order valence-electron chi connectivity index (χ2n) is 6.80. The Balaban J connectivity index is 1.37. The summed E-state index contributed by atoms with van der Waals surface area (Å²) in [5.74, 6) is 4.48. The van der Waals surface area contributed by atoms with E-state index in [0.29, 0.717) is 24.4 Å². The van der Waals surface area contributed by atoms with Crippen LogP contribution in [0.2, 0.25) is 0 Å². The Morgan fingerprint density at radius 3 is 2.67 bits per heavy atom. The van der Waals surface area contributed by atoms with Crippen LogP contribution in [0.25, 0.3) is 10.9 Å². The lowest BCUT2D eigenvalue weighted by atomic mass is 10.1. The van der Waals surface area contributed by atoms with Gasteiger partial charge in [-0.15, -0.1) is 0 Å². The summed E-state index contributed by atoms with van der Waals surface area (Å²) in [5, 5.41) is 3.27. The highest BCUT2D eigenvalue weighted by Crippen LogP contribution is 2.22. The standard InChI is InChI=1S/C23H19N3O4/c1-15-20(18-6-2-3-7-19(18)25-15)21(27)22(28)24-12-4-5-16-8-10-17(11-9-16)26-13-14-30-23(26)29/h2-3,6-11,25H,12-14H2,1H3,(H,24,28). The van der Waals surface area contributed by atoms with E-state index >= 15 is 0 Å². The third kappa shape index (κ3) is 3.76. The summed E-state index contributed by atoms with van der Waals surface area (Å²) in [6.45, 7) is 2.73. The Bertz CT molecular complexity index is 1200. The van der Waals surface area contributed by atoms with Crippen molar-refractivity contribution in [1.82, 2.24) is 10.3 Å². The van der Waals surface area contributed by atoms with Crippen molar-refractivity contribution in [1.29, 1.82) is 0 Å². The Morgan fingerprint density at radius 1 is 1.17 bits per heavy atom. The van der Waals surface area contributed by atoms with Gasteiger partial charge in [0.15, 0.2) is 0 Å². The summed E-state index contributed by atoms with van der Waals surface area (Å²) in [6, 6.07) is 14.5. The lowest BCUT2D eigenvalue weighted by Crippen LogP contribution is -2.31. The summed E-state index contributed by atoms with van der Waals surface area (Å²) in [5.41, 5.74) is 3.34.